The van der Waals surface area contributed by atoms with E-state index in [1.807, 2.05) is 67.6 Å². The number of ether oxygens (including phenoxy) is 1. The lowest BCUT2D eigenvalue weighted by Gasteiger charge is -2.16. The van der Waals surface area contributed by atoms with Gasteiger partial charge in [-0.15, -0.1) is 0 Å². The fraction of sp³-hybridized carbons (Fsp3) is 0.143. The molecule has 0 aliphatic rings. The summed E-state index contributed by atoms with van der Waals surface area (Å²) in [6.07, 6.45) is 0.504. The van der Waals surface area contributed by atoms with E-state index in [2.05, 4.69) is 11.6 Å². The molecule has 1 heterocycles. The van der Waals surface area contributed by atoms with Gasteiger partial charge in [-0.2, -0.15) is 0 Å². The minimum absolute atomic E-state index is 0.0362. The van der Waals surface area contributed by atoms with Crippen molar-refractivity contribution in [1.29, 1.82) is 0 Å². The lowest BCUT2D eigenvalue weighted by Crippen LogP contribution is -2.34. The molecule has 0 radical (unpaired) electrons. The van der Waals surface area contributed by atoms with Crippen molar-refractivity contribution in [2.75, 3.05) is 0 Å². The molecule has 0 amide bonds. The zero-order valence-electron chi connectivity index (χ0n) is 15.0. The predicted molar refractivity (Wildman–Crippen MR) is 108 cm³/mol. The highest BCUT2D eigenvalue weighted by Crippen LogP contribution is 2.28. The first-order valence-electron chi connectivity index (χ1n) is 8.56. The maximum absolute atomic E-state index is 12.5. The molecule has 0 unspecified atom stereocenters. The molecule has 1 N–H and O–H groups in total. The second kappa shape index (κ2) is 8.60. The topological polar surface area (TPSA) is 64.1 Å². The van der Waals surface area contributed by atoms with E-state index in [1.54, 1.807) is 0 Å². The molecular weight excluding hydrogens is 360 g/mol. The van der Waals surface area contributed by atoms with E-state index in [0.717, 1.165) is 10.5 Å². The van der Waals surface area contributed by atoms with Crippen LogP contribution in [0.1, 0.15) is 18.1 Å². The average molecular weight is 380 g/mol. The SMILES string of the molecule is C=C(OCn1c(Sc2ccccc2)c(CC)c(=O)[nH]c1=O)c1ccccc1. The molecular formula is C21H20N2O3S. The van der Waals surface area contributed by atoms with Crippen LogP contribution in [0.25, 0.3) is 5.76 Å². The Morgan fingerprint density at radius 2 is 1.70 bits per heavy atom. The van der Waals surface area contributed by atoms with E-state index in [-0.39, 0.29) is 12.3 Å². The lowest BCUT2D eigenvalue weighted by molar-refractivity contribution is 0.184. The molecule has 2 aromatic carbocycles. The van der Waals surface area contributed by atoms with Gasteiger partial charge in [0.1, 0.15) is 5.76 Å². The van der Waals surface area contributed by atoms with Crippen LogP contribution in [0.2, 0.25) is 0 Å². The van der Waals surface area contributed by atoms with Gasteiger partial charge >= 0.3 is 5.69 Å². The van der Waals surface area contributed by atoms with Gasteiger partial charge in [0.15, 0.2) is 6.73 Å². The summed E-state index contributed by atoms with van der Waals surface area (Å²) in [6, 6.07) is 19.1. The molecule has 0 aliphatic heterocycles. The van der Waals surface area contributed by atoms with Crippen molar-refractivity contribution in [2.24, 2.45) is 0 Å². The van der Waals surface area contributed by atoms with Crippen LogP contribution in [0.5, 0.6) is 0 Å². The first-order chi connectivity index (χ1) is 13.1. The highest BCUT2D eigenvalue weighted by molar-refractivity contribution is 7.99. The molecule has 27 heavy (non-hydrogen) atoms. The van der Waals surface area contributed by atoms with Gasteiger partial charge in [0.05, 0.1) is 5.03 Å². The van der Waals surface area contributed by atoms with E-state index in [4.69, 9.17) is 4.74 Å². The Hall–Kier alpha value is -2.99. The number of H-pyrrole nitrogens is 1. The summed E-state index contributed by atoms with van der Waals surface area (Å²) in [6.45, 7) is 5.78. The van der Waals surface area contributed by atoms with Crippen molar-refractivity contribution in [2.45, 2.75) is 30.0 Å². The Kier molecular flexibility index (Phi) is 5.98. The molecule has 0 saturated heterocycles. The first-order valence-corrected chi connectivity index (χ1v) is 9.37. The first kappa shape index (κ1) is 18.8. The number of rotatable bonds is 7. The van der Waals surface area contributed by atoms with Crippen molar-refractivity contribution in [3.63, 3.8) is 0 Å². The van der Waals surface area contributed by atoms with Crippen LogP contribution in [0.3, 0.4) is 0 Å². The fourth-order valence-corrected chi connectivity index (χ4v) is 3.71. The standard InChI is InChI=1S/C21H20N2O3S/c1-3-18-19(24)22-21(25)23(20(18)27-17-12-8-5-9-13-17)14-26-15(2)16-10-6-4-7-11-16/h4-13H,2-3,14H2,1H3,(H,22,24,25). The van der Waals surface area contributed by atoms with Gasteiger partial charge in [-0.1, -0.05) is 73.8 Å². The highest BCUT2D eigenvalue weighted by atomic mass is 32.2. The molecule has 3 aromatic rings. The van der Waals surface area contributed by atoms with Crippen LogP contribution in [-0.2, 0) is 17.9 Å². The third-order valence-electron chi connectivity index (χ3n) is 4.02. The van der Waals surface area contributed by atoms with E-state index >= 15 is 0 Å². The Bertz CT molecular complexity index is 1040. The van der Waals surface area contributed by atoms with Crippen LogP contribution in [-0.4, -0.2) is 9.55 Å². The molecule has 1 aromatic heterocycles. The smallest absolute Gasteiger partial charge is 0.331 e. The van der Waals surface area contributed by atoms with Crippen LogP contribution in [0.4, 0.5) is 0 Å². The molecule has 0 bridgehead atoms. The van der Waals surface area contributed by atoms with Gasteiger partial charge in [-0.25, -0.2) is 4.79 Å². The van der Waals surface area contributed by atoms with E-state index in [9.17, 15) is 9.59 Å². The predicted octanol–water partition coefficient (Wildman–Crippen LogP) is 3.90. The minimum atomic E-state index is -0.503. The summed E-state index contributed by atoms with van der Waals surface area (Å²) in [7, 11) is 0. The van der Waals surface area contributed by atoms with Crippen molar-refractivity contribution in [1.82, 2.24) is 9.55 Å². The van der Waals surface area contributed by atoms with Gasteiger partial charge < -0.3 is 4.74 Å². The maximum Gasteiger partial charge on any atom is 0.331 e. The molecule has 6 heteroatoms. The summed E-state index contributed by atoms with van der Waals surface area (Å²) in [4.78, 5) is 28.0. The van der Waals surface area contributed by atoms with Gasteiger partial charge in [0.2, 0.25) is 0 Å². The fourth-order valence-electron chi connectivity index (χ4n) is 2.59. The van der Waals surface area contributed by atoms with Gasteiger partial charge in [0.25, 0.3) is 5.56 Å². The number of nitrogens with one attached hydrogen (secondary N) is 1. The number of nitrogens with zero attached hydrogens (tertiary/aromatic N) is 1. The van der Waals surface area contributed by atoms with E-state index in [0.29, 0.717) is 22.8 Å². The lowest BCUT2D eigenvalue weighted by atomic mass is 10.2. The quantitative estimate of drug-likeness (QED) is 0.499. The molecule has 5 nitrogen and oxygen atoms in total. The Labute approximate surface area is 161 Å². The Balaban J connectivity index is 1.95. The van der Waals surface area contributed by atoms with Gasteiger partial charge in [-0.3, -0.25) is 14.3 Å². The zero-order chi connectivity index (χ0) is 19.2. The highest BCUT2D eigenvalue weighted by Gasteiger charge is 2.16. The summed E-state index contributed by atoms with van der Waals surface area (Å²) >= 11 is 1.37. The Morgan fingerprint density at radius 3 is 2.33 bits per heavy atom. The monoisotopic (exact) mass is 380 g/mol. The number of aromatic nitrogens is 2. The number of hydrogen-bond donors (Lipinski definition) is 1. The molecule has 0 atom stereocenters. The summed E-state index contributed by atoms with van der Waals surface area (Å²) in [5.41, 5.74) is 0.524. The van der Waals surface area contributed by atoms with Crippen molar-refractivity contribution >= 4 is 17.5 Å². The summed E-state index contributed by atoms with van der Waals surface area (Å²) in [5, 5.41) is 0.582. The second-order valence-electron chi connectivity index (χ2n) is 5.80. The van der Waals surface area contributed by atoms with E-state index < -0.39 is 5.69 Å². The van der Waals surface area contributed by atoms with Crippen LogP contribution >= 0.6 is 11.8 Å². The summed E-state index contributed by atoms with van der Waals surface area (Å²) in [5.74, 6) is 0.461. The molecule has 0 spiro atoms. The second-order valence-corrected chi connectivity index (χ2v) is 6.86. The summed E-state index contributed by atoms with van der Waals surface area (Å²) < 4.78 is 7.18. The van der Waals surface area contributed by atoms with Crippen LogP contribution in [0.15, 0.2) is 86.8 Å². The van der Waals surface area contributed by atoms with Crippen LogP contribution < -0.4 is 11.2 Å². The maximum atomic E-state index is 12.5. The molecule has 0 saturated carbocycles. The third kappa shape index (κ3) is 4.41. The van der Waals surface area contributed by atoms with Crippen LogP contribution in [0, 0.1) is 0 Å². The zero-order valence-corrected chi connectivity index (χ0v) is 15.8. The van der Waals surface area contributed by atoms with Gasteiger partial charge in [-0.05, 0) is 18.6 Å². The Morgan fingerprint density at radius 1 is 1.07 bits per heavy atom. The van der Waals surface area contributed by atoms with E-state index in [1.165, 1.54) is 16.3 Å². The number of benzene rings is 2. The minimum Gasteiger partial charge on any atom is -0.473 e. The largest absolute Gasteiger partial charge is 0.473 e. The third-order valence-corrected chi connectivity index (χ3v) is 5.19. The normalized spacial score (nSPS) is 10.6. The molecule has 0 aliphatic carbocycles. The molecule has 0 fully saturated rings. The van der Waals surface area contributed by atoms with Crippen molar-refractivity contribution < 1.29 is 4.74 Å². The number of hydrogen-bond acceptors (Lipinski definition) is 4. The van der Waals surface area contributed by atoms with Gasteiger partial charge in [0, 0.05) is 16.0 Å². The number of aromatic amines is 1. The average Bonchev–Trinajstić information content (AvgIpc) is 2.69. The molecule has 3 rings (SSSR count). The van der Waals surface area contributed by atoms with Crippen molar-refractivity contribution in [3.8, 4) is 0 Å². The van der Waals surface area contributed by atoms with Crippen molar-refractivity contribution in [3.05, 3.63) is 99.2 Å². The molecule has 138 valence electrons.